The number of benzene rings is 1. The third-order valence-corrected chi connectivity index (χ3v) is 4.24. The molecule has 2 atom stereocenters. The molecule has 0 bridgehead atoms. The van der Waals surface area contributed by atoms with Crippen LogP contribution >= 0.6 is 0 Å². The smallest absolute Gasteiger partial charge is 0.0624 e. The van der Waals surface area contributed by atoms with E-state index in [9.17, 15) is 0 Å². The van der Waals surface area contributed by atoms with Gasteiger partial charge in [0.15, 0.2) is 0 Å². The van der Waals surface area contributed by atoms with E-state index in [1.54, 1.807) is 0 Å². The van der Waals surface area contributed by atoms with E-state index < -0.39 is 0 Å². The van der Waals surface area contributed by atoms with Gasteiger partial charge >= 0.3 is 0 Å². The largest absolute Gasteiger partial charge is 0.394 e. The fourth-order valence-corrected chi connectivity index (χ4v) is 3.10. The number of nitrogens with two attached hydrogens (primary N) is 1. The number of aliphatic hydroxyl groups excluding tert-OH is 1. The highest BCUT2D eigenvalue weighted by atomic mass is 16.3. The van der Waals surface area contributed by atoms with Crippen LogP contribution in [-0.2, 0) is 0 Å². The Bertz CT molecular complexity index is 383. The summed E-state index contributed by atoms with van der Waals surface area (Å²) < 4.78 is 0. The van der Waals surface area contributed by atoms with Crippen LogP contribution < -0.4 is 5.73 Å². The van der Waals surface area contributed by atoms with Crippen molar-refractivity contribution in [2.24, 2.45) is 11.1 Å². The molecule has 0 amide bonds. The molecule has 1 aliphatic carbocycles. The molecule has 1 aromatic rings. The van der Waals surface area contributed by atoms with Crippen molar-refractivity contribution in [2.45, 2.75) is 51.5 Å². The maximum absolute atomic E-state index is 9.05. The topological polar surface area (TPSA) is 46.2 Å². The van der Waals surface area contributed by atoms with Gasteiger partial charge in [-0.25, -0.2) is 0 Å². The summed E-state index contributed by atoms with van der Waals surface area (Å²) in [4.78, 5) is 0. The van der Waals surface area contributed by atoms with Gasteiger partial charge in [0.25, 0.3) is 0 Å². The first-order valence-electron chi connectivity index (χ1n) is 6.98. The summed E-state index contributed by atoms with van der Waals surface area (Å²) in [5.74, 6) is 0.688. The predicted octanol–water partition coefficient (Wildman–Crippen LogP) is 3.36. The highest BCUT2D eigenvalue weighted by Crippen LogP contribution is 2.43. The quantitative estimate of drug-likeness (QED) is 0.860. The Morgan fingerprint density at radius 3 is 2.56 bits per heavy atom. The molecule has 0 aliphatic heterocycles. The van der Waals surface area contributed by atoms with Crippen molar-refractivity contribution in [3.63, 3.8) is 0 Å². The van der Waals surface area contributed by atoms with Crippen molar-refractivity contribution < 1.29 is 5.11 Å². The second-order valence-electron chi connectivity index (χ2n) is 6.41. The van der Waals surface area contributed by atoms with Crippen molar-refractivity contribution in [1.29, 1.82) is 0 Å². The van der Waals surface area contributed by atoms with Gasteiger partial charge in [-0.15, -0.1) is 0 Å². The minimum Gasteiger partial charge on any atom is -0.394 e. The molecule has 0 heterocycles. The zero-order chi connectivity index (χ0) is 13.2. The van der Waals surface area contributed by atoms with Crippen LogP contribution in [0.1, 0.15) is 62.6 Å². The van der Waals surface area contributed by atoms with Gasteiger partial charge in [0.05, 0.1) is 12.6 Å². The predicted molar refractivity (Wildman–Crippen MR) is 75.4 cm³/mol. The van der Waals surface area contributed by atoms with Crippen LogP contribution in [0.15, 0.2) is 24.3 Å². The lowest BCUT2D eigenvalue weighted by atomic mass is 9.70. The third kappa shape index (κ3) is 3.12. The number of rotatable bonds is 3. The molecule has 1 saturated carbocycles. The lowest BCUT2D eigenvalue weighted by molar-refractivity contribution is 0.219. The van der Waals surface area contributed by atoms with Gasteiger partial charge in [0, 0.05) is 0 Å². The SMILES string of the molecule is CC1(C)CCCC(c2ccc(C(N)CO)cc2)C1. The van der Waals surface area contributed by atoms with E-state index in [0.717, 1.165) is 5.56 Å². The van der Waals surface area contributed by atoms with Gasteiger partial charge in [-0.1, -0.05) is 44.5 Å². The molecule has 1 fully saturated rings. The van der Waals surface area contributed by atoms with Gasteiger partial charge in [-0.05, 0) is 41.7 Å². The fourth-order valence-electron chi connectivity index (χ4n) is 3.10. The average molecular weight is 247 g/mol. The van der Waals surface area contributed by atoms with Crippen molar-refractivity contribution in [3.8, 4) is 0 Å². The highest BCUT2D eigenvalue weighted by molar-refractivity contribution is 5.27. The Morgan fingerprint density at radius 2 is 2.00 bits per heavy atom. The lowest BCUT2D eigenvalue weighted by Crippen LogP contribution is -2.21. The molecular formula is C16H25NO. The van der Waals surface area contributed by atoms with Crippen LogP contribution in [0.2, 0.25) is 0 Å². The minimum atomic E-state index is -0.248. The number of hydrogen-bond donors (Lipinski definition) is 2. The van der Waals surface area contributed by atoms with Gasteiger partial charge in [-0.2, -0.15) is 0 Å². The number of aliphatic hydroxyl groups is 1. The molecule has 1 aliphatic rings. The van der Waals surface area contributed by atoms with Crippen molar-refractivity contribution >= 4 is 0 Å². The Labute approximate surface area is 110 Å². The summed E-state index contributed by atoms with van der Waals surface area (Å²) >= 11 is 0. The third-order valence-electron chi connectivity index (χ3n) is 4.24. The fraction of sp³-hybridized carbons (Fsp3) is 0.625. The van der Waals surface area contributed by atoms with E-state index >= 15 is 0 Å². The molecule has 1 aromatic carbocycles. The molecule has 0 spiro atoms. The summed E-state index contributed by atoms with van der Waals surface area (Å²) in [5.41, 5.74) is 8.74. The molecule has 0 aromatic heterocycles. The van der Waals surface area contributed by atoms with Crippen molar-refractivity contribution in [1.82, 2.24) is 0 Å². The zero-order valence-corrected chi connectivity index (χ0v) is 11.5. The standard InChI is InChI=1S/C16H25NO/c1-16(2)9-3-4-14(10-16)12-5-7-13(8-6-12)15(17)11-18/h5-8,14-15,18H,3-4,9-11,17H2,1-2H3. The minimum absolute atomic E-state index is 0.00973. The van der Waals surface area contributed by atoms with Crippen LogP contribution in [-0.4, -0.2) is 11.7 Å². The Kier molecular flexibility index (Phi) is 4.08. The first-order chi connectivity index (χ1) is 8.52. The van der Waals surface area contributed by atoms with Crippen LogP contribution in [0.25, 0.3) is 0 Å². The van der Waals surface area contributed by atoms with Crippen LogP contribution in [0.4, 0.5) is 0 Å². The van der Waals surface area contributed by atoms with Crippen molar-refractivity contribution in [3.05, 3.63) is 35.4 Å². The molecule has 2 nitrogen and oxygen atoms in total. The maximum Gasteiger partial charge on any atom is 0.0624 e. The lowest BCUT2D eigenvalue weighted by Gasteiger charge is -2.35. The van der Waals surface area contributed by atoms with Gasteiger partial charge < -0.3 is 10.8 Å². The monoisotopic (exact) mass is 247 g/mol. The Morgan fingerprint density at radius 1 is 1.33 bits per heavy atom. The molecule has 0 saturated heterocycles. The first kappa shape index (κ1) is 13.6. The second kappa shape index (κ2) is 5.41. The summed E-state index contributed by atoms with van der Waals surface area (Å²) in [5, 5.41) is 9.05. The summed E-state index contributed by atoms with van der Waals surface area (Å²) in [7, 11) is 0. The second-order valence-corrected chi connectivity index (χ2v) is 6.41. The van der Waals surface area contributed by atoms with E-state index in [4.69, 9.17) is 10.8 Å². The van der Waals surface area contributed by atoms with E-state index in [1.807, 2.05) is 0 Å². The number of hydrogen-bond acceptors (Lipinski definition) is 2. The summed E-state index contributed by atoms with van der Waals surface area (Å²) in [6.07, 6.45) is 5.25. The van der Waals surface area contributed by atoms with E-state index in [-0.39, 0.29) is 12.6 Å². The summed E-state index contributed by atoms with van der Waals surface area (Å²) in [6.45, 7) is 4.75. The first-order valence-corrected chi connectivity index (χ1v) is 6.98. The molecule has 2 unspecified atom stereocenters. The van der Waals surface area contributed by atoms with Crippen LogP contribution in [0.5, 0.6) is 0 Å². The summed E-state index contributed by atoms with van der Waals surface area (Å²) in [6, 6.07) is 8.27. The van der Waals surface area contributed by atoms with Gasteiger partial charge in [0.1, 0.15) is 0 Å². The Balaban J connectivity index is 2.09. The Hall–Kier alpha value is -0.860. The molecule has 3 N–H and O–H groups in total. The average Bonchev–Trinajstić information content (AvgIpc) is 2.37. The molecular weight excluding hydrogens is 222 g/mol. The molecule has 100 valence electrons. The molecule has 2 rings (SSSR count). The zero-order valence-electron chi connectivity index (χ0n) is 11.5. The highest BCUT2D eigenvalue weighted by Gasteiger charge is 2.28. The molecule has 2 heteroatoms. The molecule has 18 heavy (non-hydrogen) atoms. The van der Waals surface area contributed by atoms with Crippen LogP contribution in [0.3, 0.4) is 0 Å². The molecule has 0 radical (unpaired) electrons. The van der Waals surface area contributed by atoms with Gasteiger partial charge in [-0.3, -0.25) is 0 Å². The van der Waals surface area contributed by atoms with Crippen molar-refractivity contribution in [2.75, 3.05) is 6.61 Å². The van der Waals surface area contributed by atoms with E-state index in [0.29, 0.717) is 11.3 Å². The van der Waals surface area contributed by atoms with E-state index in [1.165, 1.54) is 31.2 Å². The van der Waals surface area contributed by atoms with Gasteiger partial charge in [0.2, 0.25) is 0 Å². The van der Waals surface area contributed by atoms with E-state index in [2.05, 4.69) is 38.1 Å². The maximum atomic E-state index is 9.05. The van der Waals surface area contributed by atoms with Crippen LogP contribution in [0, 0.1) is 5.41 Å². The normalized spacial score (nSPS) is 24.8.